The molecule has 8 heteroatoms. The van der Waals surface area contributed by atoms with Gasteiger partial charge in [0.1, 0.15) is 0 Å². The molecule has 1 unspecified atom stereocenters. The summed E-state index contributed by atoms with van der Waals surface area (Å²) in [6.45, 7) is 2.14. The molecule has 106 valence electrons. The molecule has 2 N–H and O–H groups in total. The summed E-state index contributed by atoms with van der Waals surface area (Å²) in [6.07, 6.45) is 4.00. The van der Waals surface area contributed by atoms with E-state index in [1.807, 2.05) is 0 Å². The Morgan fingerprint density at radius 2 is 2.37 bits per heavy atom. The summed E-state index contributed by atoms with van der Waals surface area (Å²) >= 11 is 0. The number of hydrogen-bond donors (Lipinski definition) is 2. The molecule has 1 aliphatic rings. The molecule has 0 saturated carbocycles. The Balaban J connectivity index is 2.30. The predicted molar refractivity (Wildman–Crippen MR) is 66.9 cm³/mol. The number of carboxylic acid groups (broad SMARTS) is 1. The van der Waals surface area contributed by atoms with E-state index in [4.69, 9.17) is 0 Å². The minimum Gasteiger partial charge on any atom is -0.481 e. The third-order valence-electron chi connectivity index (χ3n) is 3.76. The van der Waals surface area contributed by atoms with Gasteiger partial charge in [-0.15, -0.1) is 0 Å². The van der Waals surface area contributed by atoms with Crippen LogP contribution in [0.15, 0.2) is 17.6 Å². The van der Waals surface area contributed by atoms with E-state index in [0.717, 1.165) is 0 Å². The highest BCUT2D eigenvalue weighted by Gasteiger charge is 2.44. The number of nitrogens with zero attached hydrogens (tertiary/aromatic N) is 2. The third kappa shape index (κ3) is 2.37. The second-order valence-corrected chi connectivity index (χ2v) is 6.70. The topological polar surface area (TPSA) is 103 Å². The lowest BCUT2D eigenvalue weighted by molar-refractivity contribution is -0.151. The molecular formula is C11H17N3O4S. The highest BCUT2D eigenvalue weighted by atomic mass is 32.2. The number of aromatic nitrogens is 2. The molecule has 19 heavy (non-hydrogen) atoms. The summed E-state index contributed by atoms with van der Waals surface area (Å²) in [7, 11) is -3.68. The van der Waals surface area contributed by atoms with E-state index in [-0.39, 0.29) is 11.6 Å². The molecule has 1 atom stereocenters. The summed E-state index contributed by atoms with van der Waals surface area (Å²) in [5.74, 6) is -0.931. The van der Waals surface area contributed by atoms with Crippen LogP contribution in [0.5, 0.6) is 0 Å². The Morgan fingerprint density at radius 3 is 2.89 bits per heavy atom. The van der Waals surface area contributed by atoms with Crippen LogP contribution in [0.25, 0.3) is 0 Å². The van der Waals surface area contributed by atoms with Gasteiger partial charge in [-0.3, -0.25) is 4.79 Å². The molecule has 0 spiro atoms. The van der Waals surface area contributed by atoms with Gasteiger partial charge >= 0.3 is 5.97 Å². The van der Waals surface area contributed by atoms with Crippen molar-refractivity contribution in [2.75, 3.05) is 13.1 Å². The van der Waals surface area contributed by atoms with Crippen molar-refractivity contribution in [1.82, 2.24) is 14.3 Å². The number of piperidine rings is 1. The van der Waals surface area contributed by atoms with Gasteiger partial charge in [0.2, 0.25) is 0 Å². The zero-order valence-electron chi connectivity index (χ0n) is 10.7. The molecule has 2 heterocycles. The van der Waals surface area contributed by atoms with Crippen molar-refractivity contribution in [1.29, 1.82) is 0 Å². The van der Waals surface area contributed by atoms with Crippen LogP contribution in [0.1, 0.15) is 26.2 Å². The molecule has 1 saturated heterocycles. The van der Waals surface area contributed by atoms with Crippen LogP contribution < -0.4 is 0 Å². The maximum atomic E-state index is 12.3. The largest absolute Gasteiger partial charge is 0.481 e. The number of rotatable bonds is 4. The highest BCUT2D eigenvalue weighted by Crippen LogP contribution is 2.35. The van der Waals surface area contributed by atoms with Crippen LogP contribution in [0.3, 0.4) is 0 Å². The summed E-state index contributed by atoms with van der Waals surface area (Å²) in [5, 5.41) is 9.37. The molecule has 0 bridgehead atoms. The zero-order chi connectivity index (χ0) is 14.1. The smallest absolute Gasteiger partial charge is 0.310 e. The van der Waals surface area contributed by atoms with Crippen molar-refractivity contribution in [2.24, 2.45) is 5.41 Å². The maximum Gasteiger partial charge on any atom is 0.310 e. The summed E-state index contributed by atoms with van der Waals surface area (Å²) in [6, 6.07) is 0. The van der Waals surface area contributed by atoms with Crippen molar-refractivity contribution in [3.05, 3.63) is 12.5 Å². The van der Waals surface area contributed by atoms with Crippen LogP contribution in [-0.2, 0) is 14.8 Å². The molecule has 0 aromatic carbocycles. The Hall–Kier alpha value is -1.41. The molecule has 1 fully saturated rings. The van der Waals surface area contributed by atoms with Gasteiger partial charge in [-0.1, -0.05) is 6.92 Å². The van der Waals surface area contributed by atoms with Crippen molar-refractivity contribution in [3.63, 3.8) is 0 Å². The number of aliphatic carboxylic acids is 1. The number of carbonyl (C=O) groups is 1. The van der Waals surface area contributed by atoms with Crippen LogP contribution >= 0.6 is 0 Å². The van der Waals surface area contributed by atoms with Gasteiger partial charge in [0.15, 0.2) is 5.03 Å². The molecular weight excluding hydrogens is 270 g/mol. The first-order valence-electron chi connectivity index (χ1n) is 6.14. The molecule has 2 rings (SSSR count). The van der Waals surface area contributed by atoms with Crippen molar-refractivity contribution in [2.45, 2.75) is 31.2 Å². The Kier molecular flexibility index (Phi) is 3.64. The van der Waals surface area contributed by atoms with Crippen LogP contribution in [-0.4, -0.2) is 46.9 Å². The van der Waals surface area contributed by atoms with Crippen LogP contribution in [0.4, 0.5) is 0 Å². The SMILES string of the molecule is CCC1(C(=O)O)CCCN(S(=O)(=O)c2cnc[nH]2)C1. The average Bonchev–Trinajstić information content (AvgIpc) is 2.93. The lowest BCUT2D eigenvalue weighted by Gasteiger charge is -2.38. The summed E-state index contributed by atoms with van der Waals surface area (Å²) in [4.78, 5) is 17.7. The fraction of sp³-hybridized carbons (Fsp3) is 0.636. The standard InChI is InChI=1S/C11H17N3O4S/c1-2-11(10(15)16)4-3-5-14(7-11)19(17,18)9-6-12-8-13-9/h6,8H,2-5,7H2,1H3,(H,12,13)(H,15,16). The quantitative estimate of drug-likeness (QED) is 0.847. The number of carboxylic acids is 1. The van der Waals surface area contributed by atoms with Gasteiger partial charge in [0.05, 0.1) is 17.9 Å². The van der Waals surface area contributed by atoms with Gasteiger partial charge in [0, 0.05) is 13.1 Å². The molecule has 1 aromatic rings. The van der Waals surface area contributed by atoms with E-state index in [1.54, 1.807) is 6.92 Å². The molecule has 0 radical (unpaired) electrons. The molecule has 0 aliphatic carbocycles. The fourth-order valence-electron chi connectivity index (χ4n) is 2.43. The Bertz CT molecular complexity index is 555. The van der Waals surface area contributed by atoms with Gasteiger partial charge in [-0.05, 0) is 19.3 Å². The van der Waals surface area contributed by atoms with Crippen molar-refractivity contribution < 1.29 is 18.3 Å². The molecule has 1 aliphatic heterocycles. The monoisotopic (exact) mass is 287 g/mol. The van der Waals surface area contributed by atoms with E-state index in [2.05, 4.69) is 9.97 Å². The van der Waals surface area contributed by atoms with Gasteiger partial charge < -0.3 is 10.1 Å². The van der Waals surface area contributed by atoms with E-state index in [0.29, 0.717) is 25.8 Å². The van der Waals surface area contributed by atoms with Gasteiger partial charge in [-0.2, -0.15) is 4.31 Å². The maximum absolute atomic E-state index is 12.3. The Labute approximate surface area is 111 Å². The first-order valence-corrected chi connectivity index (χ1v) is 7.58. The highest BCUT2D eigenvalue weighted by molar-refractivity contribution is 7.89. The molecule has 7 nitrogen and oxygen atoms in total. The summed E-state index contributed by atoms with van der Waals surface area (Å²) < 4.78 is 25.9. The third-order valence-corrected chi connectivity index (χ3v) is 5.53. The zero-order valence-corrected chi connectivity index (χ0v) is 11.5. The van der Waals surface area contributed by atoms with Gasteiger partial charge in [-0.25, -0.2) is 13.4 Å². The van der Waals surface area contributed by atoms with Crippen molar-refractivity contribution >= 4 is 16.0 Å². The summed E-state index contributed by atoms with van der Waals surface area (Å²) in [5.41, 5.74) is -0.981. The lowest BCUT2D eigenvalue weighted by Crippen LogP contribution is -2.49. The van der Waals surface area contributed by atoms with Crippen molar-refractivity contribution in [3.8, 4) is 0 Å². The second kappa shape index (κ2) is 4.93. The normalized spacial score (nSPS) is 25.3. The minimum atomic E-state index is -3.68. The number of hydrogen-bond acceptors (Lipinski definition) is 4. The van der Waals surface area contributed by atoms with Gasteiger partial charge in [0.25, 0.3) is 10.0 Å². The number of H-pyrrole nitrogens is 1. The fourth-order valence-corrected chi connectivity index (χ4v) is 3.89. The molecule has 1 aromatic heterocycles. The minimum absolute atomic E-state index is 0.00444. The van der Waals surface area contributed by atoms with E-state index in [9.17, 15) is 18.3 Å². The van der Waals surface area contributed by atoms with E-state index >= 15 is 0 Å². The number of nitrogens with one attached hydrogen (secondary N) is 1. The number of sulfonamides is 1. The average molecular weight is 287 g/mol. The lowest BCUT2D eigenvalue weighted by atomic mass is 9.78. The first kappa shape index (κ1) is 14.0. The van der Waals surface area contributed by atoms with Crippen LogP contribution in [0, 0.1) is 5.41 Å². The number of imidazole rings is 1. The predicted octanol–water partition coefficient (Wildman–Crippen LogP) is 0.675. The van der Waals surface area contributed by atoms with E-state index < -0.39 is 21.4 Å². The second-order valence-electron chi connectivity index (χ2n) is 4.80. The Morgan fingerprint density at radius 1 is 1.63 bits per heavy atom. The first-order chi connectivity index (χ1) is 8.92. The van der Waals surface area contributed by atoms with Crippen LogP contribution in [0.2, 0.25) is 0 Å². The molecule has 0 amide bonds. The number of aromatic amines is 1. The van der Waals surface area contributed by atoms with E-state index in [1.165, 1.54) is 16.8 Å².